The van der Waals surface area contributed by atoms with Crippen molar-refractivity contribution in [1.29, 1.82) is 0 Å². The van der Waals surface area contributed by atoms with Gasteiger partial charge in [-0.3, -0.25) is 4.79 Å². The highest BCUT2D eigenvalue weighted by Crippen LogP contribution is 2.40. The maximum atomic E-state index is 11.8. The van der Waals surface area contributed by atoms with Crippen molar-refractivity contribution in [3.05, 3.63) is 0 Å². The Morgan fingerprint density at radius 2 is 1.83 bits per heavy atom. The third kappa shape index (κ3) is 3.60. The number of rotatable bonds is 6. The molecule has 1 aliphatic carbocycles. The van der Waals surface area contributed by atoms with Crippen LogP contribution in [0.1, 0.15) is 19.3 Å². The summed E-state index contributed by atoms with van der Waals surface area (Å²) in [6.07, 6.45) is 2.24. The van der Waals surface area contributed by atoms with Gasteiger partial charge in [-0.2, -0.15) is 0 Å². The molecule has 0 aromatic carbocycles. The molecule has 0 unspecified atom stereocenters. The van der Waals surface area contributed by atoms with Crippen LogP contribution in [-0.2, 0) is 4.79 Å². The molecule has 0 saturated heterocycles. The highest BCUT2D eigenvalue weighted by atomic mass is 16.4. The van der Waals surface area contributed by atoms with Crippen molar-refractivity contribution in [1.82, 2.24) is 15.1 Å². The van der Waals surface area contributed by atoms with E-state index in [-0.39, 0.29) is 12.6 Å². The van der Waals surface area contributed by atoms with Crippen LogP contribution in [0.25, 0.3) is 0 Å². The van der Waals surface area contributed by atoms with E-state index in [1.807, 2.05) is 19.0 Å². The number of hydrogen-bond donors (Lipinski definition) is 2. The van der Waals surface area contributed by atoms with Gasteiger partial charge in [0.2, 0.25) is 0 Å². The highest BCUT2D eigenvalue weighted by molar-refractivity contribution is 5.78. The van der Waals surface area contributed by atoms with Crippen molar-refractivity contribution in [2.75, 3.05) is 40.8 Å². The molecular formula is C12H23N3O3. The molecule has 0 radical (unpaired) electrons. The monoisotopic (exact) mass is 257 g/mol. The zero-order chi connectivity index (χ0) is 13.8. The molecule has 0 bridgehead atoms. The standard InChI is InChI=1S/C12H23N3O3/c1-14(2)7-8-15(3)11(18)13-9-12(10(16)17)5-4-6-12/h4-9H2,1-3H3,(H,13,18)(H,16,17). The van der Waals surface area contributed by atoms with Crippen LogP contribution in [0.5, 0.6) is 0 Å². The Labute approximate surface area is 108 Å². The summed E-state index contributed by atoms with van der Waals surface area (Å²) in [5, 5.41) is 11.9. The van der Waals surface area contributed by atoms with Crippen LogP contribution in [0.2, 0.25) is 0 Å². The molecule has 0 spiro atoms. The molecule has 6 nitrogen and oxygen atoms in total. The number of carboxylic acid groups (broad SMARTS) is 1. The molecule has 104 valence electrons. The van der Waals surface area contributed by atoms with Gasteiger partial charge in [-0.1, -0.05) is 6.42 Å². The number of hydrogen-bond acceptors (Lipinski definition) is 3. The van der Waals surface area contributed by atoms with Crippen molar-refractivity contribution < 1.29 is 14.7 Å². The lowest BCUT2D eigenvalue weighted by atomic mass is 9.69. The number of aliphatic carboxylic acids is 1. The summed E-state index contributed by atoms with van der Waals surface area (Å²) in [5.41, 5.74) is -0.724. The van der Waals surface area contributed by atoms with Crippen LogP contribution in [0.4, 0.5) is 4.79 Å². The molecule has 6 heteroatoms. The zero-order valence-electron chi connectivity index (χ0n) is 11.4. The van der Waals surface area contributed by atoms with Crippen LogP contribution in [0, 0.1) is 5.41 Å². The van der Waals surface area contributed by atoms with Crippen molar-refractivity contribution in [2.45, 2.75) is 19.3 Å². The van der Waals surface area contributed by atoms with E-state index >= 15 is 0 Å². The second kappa shape index (κ2) is 6.04. The number of carbonyl (C=O) groups excluding carboxylic acids is 1. The number of carbonyl (C=O) groups is 2. The summed E-state index contributed by atoms with van der Waals surface area (Å²) in [6, 6.07) is -0.204. The van der Waals surface area contributed by atoms with Crippen LogP contribution in [-0.4, -0.2) is 67.7 Å². The third-order valence-electron chi connectivity index (χ3n) is 3.57. The molecule has 0 aromatic heterocycles. The fourth-order valence-electron chi connectivity index (χ4n) is 1.90. The van der Waals surface area contributed by atoms with Crippen LogP contribution < -0.4 is 5.32 Å². The maximum Gasteiger partial charge on any atom is 0.317 e. The summed E-state index contributed by atoms with van der Waals surface area (Å²) in [4.78, 5) is 26.5. The SMILES string of the molecule is CN(C)CCN(C)C(=O)NCC1(C(=O)O)CCC1. The number of amides is 2. The summed E-state index contributed by atoms with van der Waals surface area (Å²) in [6.45, 7) is 1.64. The van der Waals surface area contributed by atoms with Crippen molar-refractivity contribution >= 4 is 12.0 Å². The number of urea groups is 1. The maximum absolute atomic E-state index is 11.8. The Morgan fingerprint density at radius 3 is 2.22 bits per heavy atom. The highest BCUT2D eigenvalue weighted by Gasteiger charge is 2.44. The Balaban J connectivity index is 2.34. The number of carboxylic acids is 1. The summed E-state index contributed by atoms with van der Waals surface area (Å²) in [5.74, 6) is -0.801. The van der Waals surface area contributed by atoms with Crippen molar-refractivity contribution in [3.63, 3.8) is 0 Å². The van der Waals surface area contributed by atoms with Gasteiger partial charge in [-0.15, -0.1) is 0 Å². The van der Waals surface area contributed by atoms with Gasteiger partial charge in [0.05, 0.1) is 5.41 Å². The minimum atomic E-state index is -0.801. The largest absolute Gasteiger partial charge is 0.481 e. The van der Waals surface area contributed by atoms with E-state index in [1.54, 1.807) is 11.9 Å². The van der Waals surface area contributed by atoms with Crippen LogP contribution >= 0.6 is 0 Å². The predicted octanol–water partition coefficient (Wildman–Crippen LogP) is 0.444. The predicted molar refractivity (Wildman–Crippen MR) is 68.5 cm³/mol. The smallest absolute Gasteiger partial charge is 0.317 e. The first kappa shape index (κ1) is 14.8. The van der Waals surface area contributed by atoms with E-state index in [9.17, 15) is 9.59 Å². The Hall–Kier alpha value is -1.30. The lowest BCUT2D eigenvalue weighted by Crippen LogP contribution is -2.50. The Morgan fingerprint density at radius 1 is 1.22 bits per heavy atom. The second-order valence-corrected chi connectivity index (χ2v) is 5.32. The first-order valence-electron chi connectivity index (χ1n) is 6.24. The van der Waals surface area contributed by atoms with E-state index in [0.29, 0.717) is 19.4 Å². The van der Waals surface area contributed by atoms with Gasteiger partial charge < -0.3 is 20.2 Å². The van der Waals surface area contributed by atoms with E-state index in [4.69, 9.17) is 5.11 Å². The van der Waals surface area contributed by atoms with Crippen molar-refractivity contribution in [2.24, 2.45) is 5.41 Å². The van der Waals surface area contributed by atoms with E-state index < -0.39 is 11.4 Å². The fraction of sp³-hybridized carbons (Fsp3) is 0.833. The Bertz CT molecular complexity index is 314. The summed E-state index contributed by atoms with van der Waals surface area (Å²) < 4.78 is 0. The molecule has 0 atom stereocenters. The first-order chi connectivity index (χ1) is 8.37. The molecule has 18 heavy (non-hydrogen) atoms. The average molecular weight is 257 g/mol. The molecule has 2 N–H and O–H groups in total. The lowest BCUT2D eigenvalue weighted by molar-refractivity contribution is -0.153. The van der Waals surface area contributed by atoms with Gasteiger partial charge in [0, 0.05) is 26.7 Å². The summed E-state index contributed by atoms with van der Waals surface area (Å²) >= 11 is 0. The molecule has 2 amide bonds. The van der Waals surface area contributed by atoms with Gasteiger partial charge in [0.1, 0.15) is 0 Å². The molecule has 1 fully saturated rings. The van der Waals surface area contributed by atoms with Gasteiger partial charge in [0.15, 0.2) is 0 Å². The molecular weight excluding hydrogens is 234 g/mol. The average Bonchev–Trinajstić information content (AvgIpc) is 2.23. The topological polar surface area (TPSA) is 72.9 Å². The zero-order valence-corrected chi connectivity index (χ0v) is 11.4. The fourth-order valence-corrected chi connectivity index (χ4v) is 1.90. The quantitative estimate of drug-likeness (QED) is 0.724. The van der Waals surface area contributed by atoms with Crippen molar-refractivity contribution in [3.8, 4) is 0 Å². The van der Waals surface area contributed by atoms with Gasteiger partial charge in [-0.05, 0) is 26.9 Å². The minimum Gasteiger partial charge on any atom is -0.481 e. The van der Waals surface area contributed by atoms with Crippen LogP contribution in [0.15, 0.2) is 0 Å². The molecule has 0 heterocycles. The summed E-state index contributed by atoms with van der Waals surface area (Å²) in [7, 11) is 5.60. The van der Waals surface area contributed by atoms with Gasteiger partial charge >= 0.3 is 12.0 Å². The normalized spacial score (nSPS) is 17.1. The van der Waals surface area contributed by atoms with Gasteiger partial charge in [-0.25, -0.2) is 4.79 Å². The number of likely N-dealkylation sites (N-methyl/N-ethyl adjacent to an activating group) is 2. The first-order valence-corrected chi connectivity index (χ1v) is 6.24. The van der Waals surface area contributed by atoms with E-state index in [2.05, 4.69) is 5.32 Å². The van der Waals surface area contributed by atoms with Gasteiger partial charge in [0.25, 0.3) is 0 Å². The number of nitrogens with one attached hydrogen (secondary N) is 1. The molecule has 0 aliphatic heterocycles. The van der Waals surface area contributed by atoms with E-state index in [0.717, 1.165) is 13.0 Å². The molecule has 0 aromatic rings. The van der Waals surface area contributed by atoms with E-state index in [1.165, 1.54) is 0 Å². The number of nitrogens with zero attached hydrogens (tertiary/aromatic N) is 2. The minimum absolute atomic E-state index is 0.204. The Kier molecular flexibility index (Phi) is 4.95. The van der Waals surface area contributed by atoms with Crippen LogP contribution in [0.3, 0.4) is 0 Å². The third-order valence-corrected chi connectivity index (χ3v) is 3.57. The molecule has 1 rings (SSSR count). The molecule has 1 saturated carbocycles. The molecule has 1 aliphatic rings. The lowest BCUT2D eigenvalue weighted by Gasteiger charge is -2.38. The second-order valence-electron chi connectivity index (χ2n) is 5.32.